The molecule has 0 fully saturated rings. The Morgan fingerprint density at radius 2 is 2.08 bits per heavy atom. The van der Waals surface area contributed by atoms with Crippen LogP contribution in [0.3, 0.4) is 0 Å². The Hall–Kier alpha value is -2.61. The third kappa shape index (κ3) is 4.72. The minimum Gasteiger partial charge on any atom is -0.354 e. The summed E-state index contributed by atoms with van der Waals surface area (Å²) in [5, 5.41) is 17.3. The van der Waals surface area contributed by atoms with Crippen LogP contribution in [0.2, 0.25) is 0 Å². The molecule has 26 heavy (non-hydrogen) atoms. The number of benzene rings is 1. The summed E-state index contributed by atoms with van der Waals surface area (Å²) < 4.78 is 1.50. The van der Waals surface area contributed by atoms with E-state index in [0.717, 1.165) is 22.7 Å². The Balaban J connectivity index is 1.60. The van der Waals surface area contributed by atoms with Crippen LogP contribution in [-0.2, 0) is 17.6 Å². The second-order valence-electron chi connectivity index (χ2n) is 6.36. The normalized spacial score (nSPS) is 12.3. The van der Waals surface area contributed by atoms with E-state index in [2.05, 4.69) is 45.1 Å². The number of hydrogen-bond donors (Lipinski definition) is 1. The van der Waals surface area contributed by atoms with Crippen molar-refractivity contribution in [1.82, 2.24) is 30.5 Å². The van der Waals surface area contributed by atoms with Crippen LogP contribution in [0.1, 0.15) is 42.1 Å². The molecule has 0 aliphatic carbocycles. The van der Waals surface area contributed by atoms with E-state index in [1.54, 1.807) is 11.3 Å². The van der Waals surface area contributed by atoms with Crippen molar-refractivity contribution in [2.24, 2.45) is 0 Å². The van der Waals surface area contributed by atoms with Gasteiger partial charge in [0.15, 0.2) is 0 Å². The summed E-state index contributed by atoms with van der Waals surface area (Å²) in [5.74, 6) is 0.325. The lowest BCUT2D eigenvalue weighted by molar-refractivity contribution is -0.124. The number of carbonyl (C=O) groups excluding carboxylic acids is 1. The van der Waals surface area contributed by atoms with Gasteiger partial charge in [-0.1, -0.05) is 44.2 Å². The molecular formula is C18H22N6OS. The van der Waals surface area contributed by atoms with Crippen LogP contribution >= 0.6 is 11.3 Å². The molecule has 0 aliphatic rings. The van der Waals surface area contributed by atoms with Crippen molar-refractivity contribution < 1.29 is 4.79 Å². The molecule has 7 nitrogen and oxygen atoms in total. The fourth-order valence-corrected chi connectivity index (χ4v) is 3.53. The first-order valence-corrected chi connectivity index (χ1v) is 9.50. The highest BCUT2D eigenvalue weighted by molar-refractivity contribution is 7.09. The van der Waals surface area contributed by atoms with Crippen LogP contribution in [0.25, 0.3) is 0 Å². The molecule has 0 saturated heterocycles. The SMILES string of the molecule is CC(C)c1csc(CCNC(=O)C(Cc2ccccc2)n2cnnn2)n1. The molecule has 1 N–H and O–H groups in total. The molecule has 8 heteroatoms. The van der Waals surface area contributed by atoms with Crippen LogP contribution in [-0.4, -0.2) is 37.6 Å². The number of hydrogen-bond acceptors (Lipinski definition) is 6. The van der Waals surface area contributed by atoms with Crippen molar-refractivity contribution in [3.63, 3.8) is 0 Å². The fourth-order valence-electron chi connectivity index (χ4n) is 2.57. The van der Waals surface area contributed by atoms with Gasteiger partial charge in [0.1, 0.15) is 12.4 Å². The quantitative estimate of drug-likeness (QED) is 0.658. The highest BCUT2D eigenvalue weighted by Crippen LogP contribution is 2.18. The summed E-state index contributed by atoms with van der Waals surface area (Å²) in [6.45, 7) is 4.79. The zero-order valence-corrected chi connectivity index (χ0v) is 15.7. The number of rotatable bonds is 8. The van der Waals surface area contributed by atoms with Crippen molar-refractivity contribution in [2.45, 2.75) is 38.6 Å². The van der Waals surface area contributed by atoms with E-state index in [1.165, 1.54) is 11.0 Å². The Bertz CT molecular complexity index is 815. The molecule has 0 aliphatic heterocycles. The van der Waals surface area contributed by atoms with Crippen LogP contribution in [0, 0.1) is 0 Å². The van der Waals surface area contributed by atoms with E-state index in [0.29, 0.717) is 18.9 Å². The molecular weight excluding hydrogens is 348 g/mol. The molecule has 0 spiro atoms. The maximum Gasteiger partial charge on any atom is 0.245 e. The maximum absolute atomic E-state index is 12.7. The van der Waals surface area contributed by atoms with Crippen molar-refractivity contribution in [1.29, 1.82) is 0 Å². The van der Waals surface area contributed by atoms with Crippen LogP contribution in [0.4, 0.5) is 0 Å². The standard InChI is InChI=1S/C18H22N6OS/c1-13(2)15-11-26-17(21-15)8-9-19-18(25)16(24-12-20-22-23-24)10-14-6-4-3-5-7-14/h3-7,11-13,16H,8-10H2,1-2H3,(H,19,25). The van der Waals surface area contributed by atoms with Gasteiger partial charge in [-0.25, -0.2) is 9.67 Å². The number of thiazole rings is 1. The second kappa shape index (κ2) is 8.66. The van der Waals surface area contributed by atoms with Gasteiger partial charge in [-0.05, 0) is 21.9 Å². The molecule has 2 aromatic heterocycles. The third-order valence-corrected chi connectivity index (χ3v) is 4.98. The Morgan fingerprint density at radius 1 is 1.27 bits per heavy atom. The number of aromatic nitrogens is 5. The Labute approximate surface area is 156 Å². The monoisotopic (exact) mass is 370 g/mol. The molecule has 0 saturated carbocycles. The van der Waals surface area contributed by atoms with E-state index in [9.17, 15) is 4.79 Å². The molecule has 3 aromatic rings. The van der Waals surface area contributed by atoms with Gasteiger partial charge in [-0.3, -0.25) is 4.79 Å². The third-order valence-electron chi connectivity index (χ3n) is 4.06. The van der Waals surface area contributed by atoms with Crippen molar-refractivity contribution in [2.75, 3.05) is 6.54 Å². The van der Waals surface area contributed by atoms with Gasteiger partial charge in [-0.2, -0.15) is 0 Å². The lowest BCUT2D eigenvalue weighted by atomic mass is 10.1. The Morgan fingerprint density at radius 3 is 2.73 bits per heavy atom. The van der Waals surface area contributed by atoms with Crippen molar-refractivity contribution in [3.05, 3.63) is 58.3 Å². The number of nitrogens with one attached hydrogen (secondary N) is 1. The van der Waals surface area contributed by atoms with Crippen molar-refractivity contribution in [3.8, 4) is 0 Å². The van der Waals surface area contributed by atoms with E-state index in [1.807, 2.05) is 30.3 Å². The van der Waals surface area contributed by atoms with Gasteiger partial charge >= 0.3 is 0 Å². The van der Waals surface area contributed by atoms with Gasteiger partial charge in [0, 0.05) is 24.8 Å². The molecule has 1 atom stereocenters. The molecule has 1 aromatic carbocycles. The average Bonchev–Trinajstić information content (AvgIpc) is 3.32. The largest absolute Gasteiger partial charge is 0.354 e. The summed E-state index contributed by atoms with van der Waals surface area (Å²) in [5.41, 5.74) is 2.16. The average molecular weight is 370 g/mol. The molecule has 3 rings (SSSR count). The first-order chi connectivity index (χ1) is 12.6. The van der Waals surface area contributed by atoms with E-state index >= 15 is 0 Å². The van der Waals surface area contributed by atoms with Crippen LogP contribution < -0.4 is 5.32 Å². The maximum atomic E-state index is 12.7. The molecule has 0 bridgehead atoms. The minimum absolute atomic E-state index is 0.0956. The lowest BCUT2D eigenvalue weighted by Gasteiger charge is -2.16. The predicted octanol–water partition coefficient (Wildman–Crippen LogP) is 2.40. The summed E-state index contributed by atoms with van der Waals surface area (Å²) in [7, 11) is 0. The van der Waals surface area contributed by atoms with Crippen LogP contribution in [0.5, 0.6) is 0 Å². The molecule has 1 unspecified atom stereocenters. The summed E-state index contributed by atoms with van der Waals surface area (Å²) in [4.78, 5) is 17.3. The highest BCUT2D eigenvalue weighted by Gasteiger charge is 2.22. The minimum atomic E-state index is -0.477. The zero-order valence-electron chi connectivity index (χ0n) is 14.9. The van der Waals surface area contributed by atoms with Gasteiger partial charge in [-0.15, -0.1) is 16.4 Å². The van der Waals surface area contributed by atoms with Crippen molar-refractivity contribution >= 4 is 17.2 Å². The Kier molecular flexibility index (Phi) is 6.06. The fraction of sp³-hybridized carbons (Fsp3) is 0.389. The van der Waals surface area contributed by atoms with Gasteiger partial charge < -0.3 is 5.32 Å². The molecule has 2 heterocycles. The lowest BCUT2D eigenvalue weighted by Crippen LogP contribution is -2.35. The highest BCUT2D eigenvalue weighted by atomic mass is 32.1. The zero-order chi connectivity index (χ0) is 18.4. The van der Waals surface area contributed by atoms with E-state index in [-0.39, 0.29) is 5.91 Å². The molecule has 136 valence electrons. The molecule has 0 radical (unpaired) electrons. The van der Waals surface area contributed by atoms with Gasteiger partial charge in [0.2, 0.25) is 5.91 Å². The molecule has 1 amide bonds. The van der Waals surface area contributed by atoms with Gasteiger partial charge in [0.25, 0.3) is 0 Å². The summed E-state index contributed by atoms with van der Waals surface area (Å²) in [6.07, 6.45) is 2.73. The number of carbonyl (C=O) groups is 1. The first kappa shape index (κ1) is 18.2. The number of amides is 1. The van der Waals surface area contributed by atoms with Crippen LogP contribution in [0.15, 0.2) is 42.0 Å². The van der Waals surface area contributed by atoms with E-state index < -0.39 is 6.04 Å². The smallest absolute Gasteiger partial charge is 0.245 e. The topological polar surface area (TPSA) is 85.6 Å². The van der Waals surface area contributed by atoms with Gasteiger partial charge in [0.05, 0.1) is 10.7 Å². The summed E-state index contributed by atoms with van der Waals surface area (Å²) >= 11 is 1.64. The summed E-state index contributed by atoms with van der Waals surface area (Å²) in [6, 6.07) is 9.38. The predicted molar refractivity (Wildman–Crippen MR) is 99.9 cm³/mol. The second-order valence-corrected chi connectivity index (χ2v) is 7.30. The number of nitrogens with zero attached hydrogens (tertiary/aromatic N) is 5. The first-order valence-electron chi connectivity index (χ1n) is 8.62. The number of tetrazole rings is 1. The van der Waals surface area contributed by atoms with E-state index in [4.69, 9.17) is 0 Å².